The molecule has 0 N–H and O–H groups in total. The molecule has 1 aromatic carbocycles. The van der Waals surface area contributed by atoms with Gasteiger partial charge in [0, 0.05) is 18.7 Å². The van der Waals surface area contributed by atoms with Crippen LogP contribution >= 0.6 is 0 Å². The van der Waals surface area contributed by atoms with Crippen molar-refractivity contribution in [1.82, 2.24) is 4.90 Å². The van der Waals surface area contributed by atoms with Crippen molar-refractivity contribution in [2.24, 2.45) is 5.41 Å². The second kappa shape index (κ2) is 6.81. The maximum atomic E-state index is 12.6. The number of benzene rings is 1. The SMILES string of the molecule is CCOC(=O)C1(CC)CCN(C(=O)c2ccc(OC)cc2)C1. The predicted octanol–water partition coefficient (Wildman–Crippen LogP) is 2.50. The lowest BCUT2D eigenvalue weighted by Crippen LogP contribution is -2.37. The molecule has 1 saturated heterocycles. The first-order valence-electron chi connectivity index (χ1n) is 7.67. The summed E-state index contributed by atoms with van der Waals surface area (Å²) in [6, 6.07) is 7.03. The van der Waals surface area contributed by atoms with Crippen LogP contribution in [0, 0.1) is 5.41 Å². The van der Waals surface area contributed by atoms with Crippen LogP contribution in [0.15, 0.2) is 24.3 Å². The molecule has 1 atom stereocenters. The number of ether oxygens (including phenoxy) is 2. The summed E-state index contributed by atoms with van der Waals surface area (Å²) in [6.07, 6.45) is 1.34. The van der Waals surface area contributed by atoms with E-state index >= 15 is 0 Å². The summed E-state index contributed by atoms with van der Waals surface area (Å²) < 4.78 is 10.3. The third-order valence-corrected chi connectivity index (χ3v) is 4.36. The maximum Gasteiger partial charge on any atom is 0.313 e. The minimum absolute atomic E-state index is 0.0534. The van der Waals surface area contributed by atoms with Crippen LogP contribution in [0.5, 0.6) is 5.75 Å². The molecule has 0 aliphatic carbocycles. The average Bonchev–Trinajstić information content (AvgIpc) is 3.00. The molecule has 22 heavy (non-hydrogen) atoms. The van der Waals surface area contributed by atoms with Gasteiger partial charge >= 0.3 is 5.97 Å². The standard InChI is InChI=1S/C17H23NO4/c1-4-17(16(20)22-5-2)10-11-18(12-17)15(19)13-6-8-14(21-3)9-7-13/h6-9H,4-5,10-12H2,1-3H3. The predicted molar refractivity (Wildman–Crippen MR) is 82.9 cm³/mol. The van der Waals surface area contributed by atoms with E-state index in [1.807, 2.05) is 6.92 Å². The highest BCUT2D eigenvalue weighted by Gasteiger charge is 2.45. The van der Waals surface area contributed by atoms with Crippen molar-refractivity contribution >= 4 is 11.9 Å². The zero-order chi connectivity index (χ0) is 16.2. The normalized spacial score (nSPS) is 20.8. The van der Waals surface area contributed by atoms with Crippen LogP contribution in [0.3, 0.4) is 0 Å². The number of hydrogen-bond acceptors (Lipinski definition) is 4. The summed E-state index contributed by atoms with van der Waals surface area (Å²) in [4.78, 5) is 26.5. The molecule has 1 unspecified atom stereocenters. The van der Waals surface area contributed by atoms with Gasteiger partial charge in [0.05, 0.1) is 19.1 Å². The average molecular weight is 305 g/mol. The molecule has 5 heteroatoms. The Kier molecular flexibility index (Phi) is 5.06. The lowest BCUT2D eigenvalue weighted by atomic mass is 9.84. The summed E-state index contributed by atoms with van der Waals surface area (Å²) in [7, 11) is 1.59. The largest absolute Gasteiger partial charge is 0.497 e. The molecule has 1 fully saturated rings. The van der Waals surface area contributed by atoms with Gasteiger partial charge in [0.25, 0.3) is 5.91 Å². The van der Waals surface area contributed by atoms with E-state index in [2.05, 4.69) is 0 Å². The first-order valence-corrected chi connectivity index (χ1v) is 7.67. The van der Waals surface area contributed by atoms with E-state index in [0.717, 1.165) is 0 Å². The maximum absolute atomic E-state index is 12.6. The number of carbonyl (C=O) groups excluding carboxylic acids is 2. The fourth-order valence-corrected chi connectivity index (χ4v) is 2.85. The first kappa shape index (κ1) is 16.3. The zero-order valence-corrected chi connectivity index (χ0v) is 13.4. The molecule has 2 rings (SSSR count). The number of likely N-dealkylation sites (tertiary alicyclic amines) is 1. The first-order chi connectivity index (χ1) is 10.6. The van der Waals surface area contributed by atoms with Gasteiger partial charge in [-0.05, 0) is 44.0 Å². The van der Waals surface area contributed by atoms with E-state index in [9.17, 15) is 9.59 Å². The molecule has 1 aromatic rings. The summed E-state index contributed by atoms with van der Waals surface area (Å²) in [5, 5.41) is 0. The van der Waals surface area contributed by atoms with E-state index in [-0.39, 0.29) is 11.9 Å². The quantitative estimate of drug-likeness (QED) is 0.784. The molecule has 0 spiro atoms. The van der Waals surface area contributed by atoms with Gasteiger partial charge in [-0.25, -0.2) is 0 Å². The number of rotatable bonds is 5. The number of amides is 1. The van der Waals surface area contributed by atoms with Crippen LogP contribution in [0.25, 0.3) is 0 Å². The van der Waals surface area contributed by atoms with E-state index in [4.69, 9.17) is 9.47 Å². The fraction of sp³-hybridized carbons (Fsp3) is 0.529. The van der Waals surface area contributed by atoms with Gasteiger partial charge in [0.1, 0.15) is 5.75 Å². The molecule has 0 saturated carbocycles. The smallest absolute Gasteiger partial charge is 0.313 e. The van der Waals surface area contributed by atoms with E-state index in [0.29, 0.717) is 43.9 Å². The van der Waals surface area contributed by atoms with Crippen molar-refractivity contribution in [1.29, 1.82) is 0 Å². The molecule has 1 aliphatic heterocycles. The minimum atomic E-state index is -0.557. The molecule has 0 aromatic heterocycles. The van der Waals surface area contributed by atoms with Gasteiger partial charge in [-0.15, -0.1) is 0 Å². The molecule has 1 aliphatic rings. The Hall–Kier alpha value is -2.04. The van der Waals surface area contributed by atoms with Crippen molar-refractivity contribution in [3.8, 4) is 5.75 Å². The topological polar surface area (TPSA) is 55.8 Å². The highest BCUT2D eigenvalue weighted by atomic mass is 16.5. The van der Waals surface area contributed by atoms with Crippen molar-refractivity contribution in [2.45, 2.75) is 26.7 Å². The van der Waals surface area contributed by atoms with Gasteiger partial charge < -0.3 is 14.4 Å². The molecule has 5 nitrogen and oxygen atoms in total. The second-order valence-corrected chi connectivity index (χ2v) is 5.56. The van der Waals surface area contributed by atoms with E-state index in [1.165, 1.54) is 0 Å². The van der Waals surface area contributed by atoms with Gasteiger partial charge in [-0.2, -0.15) is 0 Å². The van der Waals surface area contributed by atoms with Crippen molar-refractivity contribution in [2.75, 3.05) is 26.8 Å². The van der Waals surface area contributed by atoms with Crippen molar-refractivity contribution in [3.63, 3.8) is 0 Å². The zero-order valence-electron chi connectivity index (χ0n) is 13.4. The number of methoxy groups -OCH3 is 1. The molecule has 0 radical (unpaired) electrons. The highest BCUT2D eigenvalue weighted by molar-refractivity contribution is 5.95. The van der Waals surface area contributed by atoms with Crippen LogP contribution in [-0.2, 0) is 9.53 Å². The Morgan fingerprint density at radius 2 is 1.91 bits per heavy atom. The lowest BCUT2D eigenvalue weighted by Gasteiger charge is -2.25. The fourth-order valence-electron chi connectivity index (χ4n) is 2.85. The Balaban J connectivity index is 2.10. The lowest BCUT2D eigenvalue weighted by molar-refractivity contribution is -0.154. The Bertz CT molecular complexity index is 540. The monoisotopic (exact) mass is 305 g/mol. The highest BCUT2D eigenvalue weighted by Crippen LogP contribution is 2.36. The Morgan fingerprint density at radius 3 is 2.45 bits per heavy atom. The minimum Gasteiger partial charge on any atom is -0.497 e. The number of nitrogens with zero attached hydrogens (tertiary/aromatic N) is 1. The summed E-state index contributed by atoms with van der Waals surface area (Å²) in [5.41, 5.74) is 0.0505. The second-order valence-electron chi connectivity index (χ2n) is 5.56. The van der Waals surface area contributed by atoms with Crippen LogP contribution in [0.4, 0.5) is 0 Å². The summed E-state index contributed by atoms with van der Waals surface area (Å²) in [6.45, 7) is 5.15. The summed E-state index contributed by atoms with van der Waals surface area (Å²) in [5.74, 6) is 0.470. The molecule has 1 heterocycles. The van der Waals surface area contributed by atoms with Gasteiger partial charge in [-0.1, -0.05) is 6.92 Å². The molecular weight excluding hydrogens is 282 g/mol. The number of hydrogen-bond donors (Lipinski definition) is 0. The van der Waals surface area contributed by atoms with E-state index < -0.39 is 5.41 Å². The molecule has 120 valence electrons. The van der Waals surface area contributed by atoms with Gasteiger partial charge in [0.2, 0.25) is 0 Å². The Labute approximate surface area is 131 Å². The van der Waals surface area contributed by atoms with Gasteiger partial charge in [0.15, 0.2) is 0 Å². The van der Waals surface area contributed by atoms with Crippen molar-refractivity contribution < 1.29 is 19.1 Å². The van der Waals surface area contributed by atoms with Crippen LogP contribution < -0.4 is 4.74 Å². The Morgan fingerprint density at radius 1 is 1.23 bits per heavy atom. The molecular formula is C17H23NO4. The molecule has 1 amide bonds. The van der Waals surface area contributed by atoms with Gasteiger partial charge in [-0.3, -0.25) is 9.59 Å². The summed E-state index contributed by atoms with van der Waals surface area (Å²) >= 11 is 0. The number of esters is 1. The van der Waals surface area contributed by atoms with Crippen LogP contribution in [0.1, 0.15) is 37.0 Å². The van der Waals surface area contributed by atoms with E-state index in [1.54, 1.807) is 43.2 Å². The third-order valence-electron chi connectivity index (χ3n) is 4.36. The van der Waals surface area contributed by atoms with Crippen molar-refractivity contribution in [3.05, 3.63) is 29.8 Å². The van der Waals surface area contributed by atoms with Crippen LogP contribution in [0.2, 0.25) is 0 Å². The number of carbonyl (C=O) groups is 2. The molecule has 0 bridgehead atoms. The third kappa shape index (κ3) is 3.08. The van der Waals surface area contributed by atoms with Crippen LogP contribution in [-0.4, -0.2) is 43.6 Å².